The minimum atomic E-state index is -3.68. The van der Waals surface area contributed by atoms with Crippen molar-refractivity contribution in [3.8, 4) is 0 Å². The second-order valence-electron chi connectivity index (χ2n) is 4.12. The first-order valence-corrected chi connectivity index (χ1v) is 7.96. The van der Waals surface area contributed by atoms with Crippen molar-refractivity contribution in [3.63, 3.8) is 0 Å². The first kappa shape index (κ1) is 15.2. The molecule has 1 aromatic carbocycles. The summed E-state index contributed by atoms with van der Waals surface area (Å²) < 4.78 is 26.9. The smallest absolute Gasteiger partial charge is 0.263 e. The lowest BCUT2D eigenvalue weighted by molar-refractivity contribution is 0.601. The van der Waals surface area contributed by atoms with E-state index in [1.807, 2.05) is 0 Å². The number of benzene rings is 1. The lowest BCUT2D eigenvalue weighted by Gasteiger charge is -2.08. The van der Waals surface area contributed by atoms with Crippen molar-refractivity contribution in [3.05, 3.63) is 46.2 Å². The van der Waals surface area contributed by atoms with Crippen LogP contribution >= 0.6 is 23.2 Å². The molecule has 108 valence electrons. The maximum absolute atomic E-state index is 12.2. The van der Waals surface area contributed by atoms with Crippen LogP contribution in [-0.2, 0) is 16.6 Å². The zero-order valence-corrected chi connectivity index (χ0v) is 12.9. The Morgan fingerprint density at radius 3 is 2.65 bits per heavy atom. The molecule has 5 nitrogen and oxygen atoms in total. The molecule has 0 bridgehead atoms. The summed E-state index contributed by atoms with van der Waals surface area (Å²) in [6, 6.07) is 6.12. The summed E-state index contributed by atoms with van der Waals surface area (Å²) in [4.78, 5) is 3.03. The fraction of sp³-hybridized carbons (Fsp3) is 0.167. The summed E-state index contributed by atoms with van der Waals surface area (Å²) in [5.41, 5.74) is 1.06. The van der Waals surface area contributed by atoms with Crippen molar-refractivity contribution in [1.29, 1.82) is 0 Å². The third-order valence-corrected chi connectivity index (χ3v) is 4.46. The van der Waals surface area contributed by atoms with Gasteiger partial charge in [0.25, 0.3) is 10.0 Å². The summed E-state index contributed by atoms with van der Waals surface area (Å²) in [6.45, 7) is 0.553. The van der Waals surface area contributed by atoms with E-state index in [4.69, 9.17) is 23.2 Å². The minimum Gasteiger partial charge on any atom is -0.363 e. The number of nitrogens with one attached hydrogen (secondary N) is 3. The van der Waals surface area contributed by atoms with Gasteiger partial charge in [-0.2, -0.15) is 0 Å². The SMILES string of the molecule is CNCc1cc(S(=O)(=O)Nc2ccc(Cl)cc2Cl)c[nH]1. The van der Waals surface area contributed by atoms with Gasteiger partial charge in [-0.05, 0) is 31.3 Å². The van der Waals surface area contributed by atoms with Gasteiger partial charge >= 0.3 is 0 Å². The van der Waals surface area contributed by atoms with Crippen LogP contribution in [0.1, 0.15) is 5.69 Å². The highest BCUT2D eigenvalue weighted by Gasteiger charge is 2.17. The number of rotatable bonds is 5. The standard InChI is InChI=1S/C12H13Cl2N3O2S/c1-15-6-9-5-10(7-16-9)20(18,19)17-12-3-2-8(13)4-11(12)14/h2-5,7,15-17H,6H2,1H3. The molecule has 3 N–H and O–H groups in total. The van der Waals surface area contributed by atoms with E-state index in [-0.39, 0.29) is 15.6 Å². The minimum absolute atomic E-state index is 0.147. The van der Waals surface area contributed by atoms with E-state index in [1.54, 1.807) is 19.2 Å². The van der Waals surface area contributed by atoms with E-state index >= 15 is 0 Å². The molecule has 0 saturated carbocycles. The molecule has 20 heavy (non-hydrogen) atoms. The molecule has 0 aliphatic rings. The Morgan fingerprint density at radius 2 is 2.00 bits per heavy atom. The van der Waals surface area contributed by atoms with Gasteiger partial charge in [-0.3, -0.25) is 4.72 Å². The van der Waals surface area contributed by atoms with Gasteiger partial charge in [0.05, 0.1) is 10.7 Å². The third-order valence-electron chi connectivity index (χ3n) is 2.57. The van der Waals surface area contributed by atoms with Gasteiger partial charge in [-0.1, -0.05) is 23.2 Å². The molecular weight excluding hydrogens is 321 g/mol. The Morgan fingerprint density at radius 1 is 1.25 bits per heavy atom. The fourth-order valence-electron chi connectivity index (χ4n) is 1.64. The molecule has 0 aliphatic heterocycles. The van der Waals surface area contributed by atoms with Gasteiger partial charge in [0.2, 0.25) is 0 Å². The highest BCUT2D eigenvalue weighted by molar-refractivity contribution is 7.92. The van der Waals surface area contributed by atoms with Gasteiger partial charge in [0.1, 0.15) is 4.90 Å². The molecule has 1 heterocycles. The molecule has 0 aliphatic carbocycles. The van der Waals surface area contributed by atoms with Crippen LogP contribution in [0.2, 0.25) is 10.0 Å². The molecule has 0 atom stereocenters. The average molecular weight is 334 g/mol. The number of aromatic nitrogens is 1. The molecule has 0 amide bonds. The largest absolute Gasteiger partial charge is 0.363 e. The second-order valence-corrected chi connectivity index (χ2v) is 6.65. The number of hydrogen-bond donors (Lipinski definition) is 3. The number of hydrogen-bond acceptors (Lipinski definition) is 3. The number of H-pyrrole nitrogens is 1. The first-order chi connectivity index (χ1) is 9.42. The predicted molar refractivity (Wildman–Crippen MR) is 80.8 cm³/mol. The van der Waals surface area contributed by atoms with Crippen molar-refractivity contribution in [1.82, 2.24) is 10.3 Å². The summed E-state index contributed by atoms with van der Waals surface area (Å²) in [5, 5.41) is 3.61. The topological polar surface area (TPSA) is 74.0 Å². The molecule has 1 aromatic heterocycles. The predicted octanol–water partition coefficient (Wildman–Crippen LogP) is 2.84. The number of halogens is 2. The zero-order chi connectivity index (χ0) is 14.8. The van der Waals surface area contributed by atoms with Gasteiger partial charge in [-0.25, -0.2) is 8.42 Å². The number of sulfonamides is 1. The van der Waals surface area contributed by atoms with Gasteiger partial charge < -0.3 is 10.3 Å². The molecule has 2 rings (SSSR count). The molecule has 0 radical (unpaired) electrons. The normalized spacial score (nSPS) is 11.6. The van der Waals surface area contributed by atoms with E-state index < -0.39 is 10.0 Å². The van der Waals surface area contributed by atoms with Crippen molar-refractivity contribution < 1.29 is 8.42 Å². The molecule has 0 unspecified atom stereocenters. The summed E-state index contributed by atoms with van der Waals surface area (Å²) in [7, 11) is -1.90. The molecular formula is C12H13Cl2N3O2S. The zero-order valence-electron chi connectivity index (χ0n) is 10.6. The van der Waals surface area contributed by atoms with Crippen LogP contribution in [0.4, 0.5) is 5.69 Å². The molecule has 0 saturated heterocycles. The van der Waals surface area contributed by atoms with Crippen LogP contribution in [0.3, 0.4) is 0 Å². The molecule has 2 aromatic rings. The first-order valence-electron chi connectivity index (χ1n) is 5.72. The molecule has 0 spiro atoms. The van der Waals surface area contributed by atoms with Gasteiger partial charge in [0.15, 0.2) is 0 Å². The van der Waals surface area contributed by atoms with E-state index in [0.717, 1.165) is 5.69 Å². The van der Waals surface area contributed by atoms with Crippen molar-refractivity contribution in [2.75, 3.05) is 11.8 Å². The Balaban J connectivity index is 2.26. The van der Waals surface area contributed by atoms with Gasteiger partial charge in [0, 0.05) is 23.5 Å². The van der Waals surface area contributed by atoms with Crippen LogP contribution in [0.25, 0.3) is 0 Å². The van der Waals surface area contributed by atoms with Crippen molar-refractivity contribution >= 4 is 38.9 Å². The van der Waals surface area contributed by atoms with Crippen molar-refractivity contribution in [2.45, 2.75) is 11.4 Å². The molecule has 8 heteroatoms. The van der Waals surface area contributed by atoms with E-state index in [9.17, 15) is 8.42 Å². The summed E-state index contributed by atoms with van der Waals surface area (Å²) in [5.74, 6) is 0. The molecule has 0 fully saturated rings. The van der Waals surface area contributed by atoms with Crippen LogP contribution in [0.5, 0.6) is 0 Å². The summed E-state index contributed by atoms with van der Waals surface area (Å²) in [6.07, 6.45) is 1.43. The Bertz CT molecular complexity index is 713. The number of aromatic amines is 1. The average Bonchev–Trinajstić information content (AvgIpc) is 2.83. The van der Waals surface area contributed by atoms with E-state index in [2.05, 4.69) is 15.0 Å². The monoisotopic (exact) mass is 333 g/mol. The Labute approximate surface area is 127 Å². The quantitative estimate of drug-likeness (QED) is 0.787. The van der Waals surface area contributed by atoms with E-state index in [1.165, 1.54) is 18.3 Å². The van der Waals surface area contributed by atoms with Crippen LogP contribution < -0.4 is 10.0 Å². The lowest BCUT2D eigenvalue weighted by Crippen LogP contribution is -2.12. The maximum Gasteiger partial charge on any atom is 0.263 e. The van der Waals surface area contributed by atoms with Crippen molar-refractivity contribution in [2.24, 2.45) is 0 Å². The highest BCUT2D eigenvalue weighted by Crippen LogP contribution is 2.27. The summed E-state index contributed by atoms with van der Waals surface area (Å²) >= 11 is 11.7. The Kier molecular flexibility index (Phi) is 4.59. The van der Waals surface area contributed by atoms with Crippen LogP contribution in [0, 0.1) is 0 Å². The maximum atomic E-state index is 12.2. The lowest BCUT2D eigenvalue weighted by atomic mass is 10.3. The fourth-order valence-corrected chi connectivity index (χ4v) is 3.25. The Hall–Kier alpha value is -1.21. The highest BCUT2D eigenvalue weighted by atomic mass is 35.5. The van der Waals surface area contributed by atoms with Gasteiger partial charge in [-0.15, -0.1) is 0 Å². The second kappa shape index (κ2) is 6.05. The third kappa shape index (κ3) is 3.46. The number of anilines is 1. The van der Waals surface area contributed by atoms with E-state index in [0.29, 0.717) is 11.6 Å². The van der Waals surface area contributed by atoms with Crippen LogP contribution in [0.15, 0.2) is 35.4 Å². The van der Waals surface area contributed by atoms with Crippen LogP contribution in [-0.4, -0.2) is 20.4 Å².